The number of ether oxygens (including phenoxy) is 1. The maximum atomic E-state index is 12.1. The number of H-pyrrole nitrogens is 1. The molecule has 0 saturated heterocycles. The molecule has 0 atom stereocenters. The van der Waals surface area contributed by atoms with Gasteiger partial charge in [0.1, 0.15) is 17.6 Å². The Labute approximate surface area is 143 Å². The number of rotatable bonds is 1. The van der Waals surface area contributed by atoms with Crippen LogP contribution in [0.3, 0.4) is 0 Å². The smallest absolute Gasteiger partial charge is 0.410 e. The summed E-state index contributed by atoms with van der Waals surface area (Å²) in [7, 11) is 0. The van der Waals surface area contributed by atoms with Crippen LogP contribution in [0.5, 0.6) is 0 Å². The van der Waals surface area contributed by atoms with E-state index in [4.69, 9.17) is 4.74 Å². The fourth-order valence-electron chi connectivity index (χ4n) is 2.55. The third-order valence-electron chi connectivity index (χ3n) is 3.59. The highest BCUT2D eigenvalue weighted by Gasteiger charge is 2.25. The molecule has 6 nitrogen and oxygen atoms in total. The van der Waals surface area contributed by atoms with Crippen LogP contribution in [0, 0.1) is 0 Å². The maximum Gasteiger partial charge on any atom is 0.410 e. The molecule has 2 aromatic rings. The summed E-state index contributed by atoms with van der Waals surface area (Å²) in [5.41, 5.74) is 2.36. The first-order valence-electron chi connectivity index (χ1n) is 7.50. The summed E-state index contributed by atoms with van der Waals surface area (Å²) in [5, 5.41) is 0.976. The lowest BCUT2D eigenvalue weighted by molar-refractivity contribution is 0.0270. The molecule has 0 spiro atoms. The molecule has 1 amide bonds. The van der Waals surface area contributed by atoms with E-state index >= 15 is 0 Å². The van der Waals surface area contributed by atoms with Crippen LogP contribution in [0.15, 0.2) is 23.1 Å². The van der Waals surface area contributed by atoms with Gasteiger partial charge >= 0.3 is 6.09 Å². The van der Waals surface area contributed by atoms with E-state index in [9.17, 15) is 4.79 Å². The summed E-state index contributed by atoms with van der Waals surface area (Å²) in [6.45, 7) is 6.76. The average Bonchev–Trinajstić information content (AvgIpc) is 2.87. The Bertz CT molecular complexity index is 776. The molecule has 7 heteroatoms. The summed E-state index contributed by atoms with van der Waals surface area (Å²) in [6, 6.07) is 0. The van der Waals surface area contributed by atoms with Gasteiger partial charge in [0, 0.05) is 23.8 Å². The summed E-state index contributed by atoms with van der Waals surface area (Å²) in [4.78, 5) is 25.6. The van der Waals surface area contributed by atoms with Gasteiger partial charge in [-0.3, -0.25) is 0 Å². The summed E-state index contributed by atoms with van der Waals surface area (Å²) < 4.78 is 6.36. The van der Waals surface area contributed by atoms with Crippen molar-refractivity contribution < 1.29 is 9.53 Å². The fraction of sp³-hybridized carbons (Fsp3) is 0.438. The predicted octanol–water partition coefficient (Wildman–Crippen LogP) is 3.74. The van der Waals surface area contributed by atoms with Crippen LogP contribution in [0.4, 0.5) is 4.79 Å². The van der Waals surface area contributed by atoms with Gasteiger partial charge in [0.15, 0.2) is 0 Å². The number of hydrogen-bond donors (Lipinski definition) is 1. The van der Waals surface area contributed by atoms with Crippen molar-refractivity contribution in [3.8, 4) is 0 Å². The van der Waals surface area contributed by atoms with Gasteiger partial charge in [-0.05, 0) is 48.7 Å². The molecule has 0 unspecified atom stereocenters. The summed E-state index contributed by atoms with van der Waals surface area (Å²) in [6.07, 6.45) is 5.92. The molecule has 1 aliphatic heterocycles. The third kappa shape index (κ3) is 3.39. The lowest BCUT2D eigenvalue weighted by atomic mass is 10.0. The topological polar surface area (TPSA) is 71.1 Å². The van der Waals surface area contributed by atoms with Gasteiger partial charge in [-0.15, -0.1) is 0 Å². The molecule has 122 valence electrons. The van der Waals surface area contributed by atoms with Crippen LogP contribution in [-0.4, -0.2) is 44.6 Å². The molecule has 23 heavy (non-hydrogen) atoms. The number of amides is 1. The summed E-state index contributed by atoms with van der Waals surface area (Å²) >= 11 is 3.53. The molecule has 0 aliphatic carbocycles. The average molecular weight is 379 g/mol. The Morgan fingerprint density at radius 1 is 1.39 bits per heavy atom. The monoisotopic (exact) mass is 378 g/mol. The number of nitrogens with zero attached hydrogens (tertiary/aromatic N) is 3. The number of aromatic amines is 1. The van der Waals surface area contributed by atoms with E-state index in [1.807, 2.05) is 33.0 Å². The van der Waals surface area contributed by atoms with Gasteiger partial charge < -0.3 is 14.6 Å². The Balaban J connectivity index is 1.81. The van der Waals surface area contributed by atoms with E-state index in [1.54, 1.807) is 11.2 Å². The molecule has 3 rings (SSSR count). The number of halogens is 1. The van der Waals surface area contributed by atoms with Crippen molar-refractivity contribution in [3.63, 3.8) is 0 Å². The maximum absolute atomic E-state index is 12.1. The summed E-state index contributed by atoms with van der Waals surface area (Å²) in [5.74, 6) is 0. The molecular weight excluding hydrogens is 360 g/mol. The van der Waals surface area contributed by atoms with Gasteiger partial charge in [-0.1, -0.05) is 6.08 Å². The van der Waals surface area contributed by atoms with Gasteiger partial charge in [0.05, 0.1) is 11.1 Å². The molecule has 0 bridgehead atoms. The van der Waals surface area contributed by atoms with Crippen LogP contribution in [0.2, 0.25) is 0 Å². The number of hydrogen-bond acceptors (Lipinski definition) is 4. The largest absolute Gasteiger partial charge is 0.444 e. The number of aromatic nitrogens is 3. The van der Waals surface area contributed by atoms with E-state index in [1.165, 1.54) is 0 Å². The molecule has 1 N–H and O–H groups in total. The Morgan fingerprint density at radius 2 is 2.17 bits per heavy atom. The second kappa shape index (κ2) is 5.96. The Kier molecular flexibility index (Phi) is 4.14. The molecule has 0 fully saturated rings. The zero-order chi connectivity index (χ0) is 16.6. The standard InChI is InChI=1S/C16H19BrN4O2/c1-16(2,3)23-15(22)21-6-4-10(5-7-21)13-12-11(17)8-18-14(12)20-9-19-13/h4,8-9H,5-7H2,1-3H3,(H,18,19,20). The van der Waals surface area contributed by atoms with E-state index in [-0.39, 0.29) is 6.09 Å². The zero-order valence-electron chi connectivity index (χ0n) is 13.4. The number of fused-ring (bicyclic) bond motifs is 1. The highest BCUT2D eigenvalue weighted by molar-refractivity contribution is 9.10. The van der Waals surface area contributed by atoms with E-state index in [0.717, 1.165) is 33.2 Å². The van der Waals surface area contributed by atoms with Crippen molar-refractivity contribution in [3.05, 3.63) is 28.8 Å². The van der Waals surface area contributed by atoms with Crippen LogP contribution < -0.4 is 0 Å². The van der Waals surface area contributed by atoms with Crippen molar-refractivity contribution in [2.24, 2.45) is 0 Å². The minimum absolute atomic E-state index is 0.275. The number of carbonyl (C=O) groups excluding carboxylic acids is 1. The third-order valence-corrected chi connectivity index (χ3v) is 4.21. The Hall–Kier alpha value is -1.89. The van der Waals surface area contributed by atoms with Crippen molar-refractivity contribution in [1.29, 1.82) is 0 Å². The van der Waals surface area contributed by atoms with Gasteiger partial charge in [0.2, 0.25) is 0 Å². The second-order valence-electron chi connectivity index (χ2n) is 6.49. The second-order valence-corrected chi connectivity index (χ2v) is 7.34. The highest BCUT2D eigenvalue weighted by Crippen LogP contribution is 2.31. The molecule has 0 aromatic carbocycles. The first kappa shape index (κ1) is 16.0. The van der Waals surface area contributed by atoms with Crippen molar-refractivity contribution in [2.45, 2.75) is 32.8 Å². The lowest BCUT2D eigenvalue weighted by Crippen LogP contribution is -2.39. The van der Waals surface area contributed by atoms with Crippen LogP contribution >= 0.6 is 15.9 Å². The zero-order valence-corrected chi connectivity index (χ0v) is 15.0. The number of carbonyl (C=O) groups is 1. The molecule has 2 aromatic heterocycles. The van der Waals surface area contributed by atoms with Crippen LogP contribution in [0.1, 0.15) is 32.9 Å². The minimum atomic E-state index is -0.476. The Morgan fingerprint density at radius 3 is 2.83 bits per heavy atom. The molecule has 1 aliphatic rings. The lowest BCUT2D eigenvalue weighted by Gasteiger charge is -2.29. The van der Waals surface area contributed by atoms with Crippen LogP contribution in [-0.2, 0) is 4.74 Å². The van der Waals surface area contributed by atoms with Crippen molar-refractivity contribution >= 4 is 38.6 Å². The van der Waals surface area contributed by atoms with Crippen LogP contribution in [0.25, 0.3) is 16.6 Å². The fourth-order valence-corrected chi connectivity index (χ4v) is 3.04. The van der Waals surface area contributed by atoms with Crippen molar-refractivity contribution in [2.75, 3.05) is 13.1 Å². The first-order valence-corrected chi connectivity index (χ1v) is 8.29. The van der Waals surface area contributed by atoms with Gasteiger partial charge in [-0.2, -0.15) is 0 Å². The molecule has 3 heterocycles. The quantitative estimate of drug-likeness (QED) is 0.819. The molecular formula is C16H19BrN4O2. The van der Waals surface area contributed by atoms with Gasteiger partial charge in [-0.25, -0.2) is 14.8 Å². The number of nitrogens with one attached hydrogen (secondary N) is 1. The molecule has 0 radical (unpaired) electrons. The van der Waals surface area contributed by atoms with E-state index in [2.05, 4.69) is 30.9 Å². The first-order chi connectivity index (χ1) is 10.8. The highest BCUT2D eigenvalue weighted by atomic mass is 79.9. The normalized spacial score (nSPS) is 15.7. The van der Waals surface area contributed by atoms with E-state index in [0.29, 0.717) is 13.1 Å². The van der Waals surface area contributed by atoms with E-state index < -0.39 is 5.60 Å². The predicted molar refractivity (Wildman–Crippen MR) is 92.0 cm³/mol. The molecule has 0 saturated carbocycles. The van der Waals surface area contributed by atoms with Crippen molar-refractivity contribution in [1.82, 2.24) is 19.9 Å². The van der Waals surface area contributed by atoms with Gasteiger partial charge in [0.25, 0.3) is 0 Å². The SMILES string of the molecule is CC(C)(C)OC(=O)N1CC=C(c2ncnc3[nH]cc(Br)c23)CC1. The minimum Gasteiger partial charge on any atom is -0.444 e.